The Labute approximate surface area is 108 Å². The Hall–Kier alpha value is -1.59. The molecule has 18 heavy (non-hydrogen) atoms. The maximum Gasteiger partial charge on any atom is 0.321 e. The number of carbonyl (C=O) groups is 1. The van der Waals surface area contributed by atoms with Crippen molar-refractivity contribution in [3.63, 3.8) is 0 Å². The predicted molar refractivity (Wildman–Crippen MR) is 72.5 cm³/mol. The molecule has 0 aliphatic rings. The summed E-state index contributed by atoms with van der Waals surface area (Å²) in [4.78, 5) is 13.5. The summed E-state index contributed by atoms with van der Waals surface area (Å²) >= 11 is 0. The number of nitrogens with one attached hydrogen (secondary N) is 1. The number of nitrogens with two attached hydrogens (primary N) is 1. The molecule has 5 nitrogen and oxygen atoms in total. The number of nitrogens with zero attached hydrogens (tertiary/aromatic N) is 1. The summed E-state index contributed by atoms with van der Waals surface area (Å²) in [7, 11) is 3.36. The second kappa shape index (κ2) is 6.98. The standard InChI is InChI=1S/C13H21N3O2/c1-10(9-18-3)16(2)13(17)15-12-6-4-11(8-14)5-7-12/h4-7,10H,8-9,14H2,1-3H3,(H,15,17). The van der Waals surface area contributed by atoms with Crippen molar-refractivity contribution >= 4 is 11.7 Å². The summed E-state index contributed by atoms with van der Waals surface area (Å²) in [5.74, 6) is 0. The van der Waals surface area contributed by atoms with Crippen LogP contribution in [0.5, 0.6) is 0 Å². The largest absolute Gasteiger partial charge is 0.383 e. The van der Waals surface area contributed by atoms with Gasteiger partial charge in [-0.15, -0.1) is 0 Å². The van der Waals surface area contributed by atoms with Crippen molar-refractivity contribution < 1.29 is 9.53 Å². The van der Waals surface area contributed by atoms with Gasteiger partial charge in [0.2, 0.25) is 0 Å². The lowest BCUT2D eigenvalue weighted by molar-refractivity contribution is 0.128. The van der Waals surface area contributed by atoms with Crippen LogP contribution < -0.4 is 11.1 Å². The molecule has 0 aliphatic heterocycles. The number of carbonyl (C=O) groups excluding carboxylic acids is 1. The quantitative estimate of drug-likeness (QED) is 0.836. The second-order valence-electron chi connectivity index (χ2n) is 4.25. The molecule has 1 aromatic rings. The van der Waals surface area contributed by atoms with E-state index in [9.17, 15) is 4.79 Å². The van der Waals surface area contributed by atoms with Crippen molar-refractivity contribution in [2.75, 3.05) is 26.1 Å². The fraction of sp³-hybridized carbons (Fsp3) is 0.462. The average Bonchev–Trinajstić information content (AvgIpc) is 2.39. The number of benzene rings is 1. The minimum absolute atomic E-state index is 0.0262. The first-order valence-corrected chi connectivity index (χ1v) is 5.90. The van der Waals surface area contributed by atoms with E-state index >= 15 is 0 Å². The van der Waals surface area contributed by atoms with Gasteiger partial charge in [0.15, 0.2) is 0 Å². The summed E-state index contributed by atoms with van der Waals surface area (Å²) < 4.78 is 5.02. The van der Waals surface area contributed by atoms with E-state index in [0.717, 1.165) is 11.3 Å². The van der Waals surface area contributed by atoms with Gasteiger partial charge < -0.3 is 20.7 Å². The predicted octanol–water partition coefficient (Wildman–Crippen LogP) is 1.64. The van der Waals surface area contributed by atoms with E-state index in [2.05, 4.69) is 5.32 Å². The van der Waals surface area contributed by atoms with Crippen LogP contribution in [0.2, 0.25) is 0 Å². The molecule has 1 atom stereocenters. The highest BCUT2D eigenvalue weighted by atomic mass is 16.5. The van der Waals surface area contributed by atoms with Crippen molar-refractivity contribution in [1.29, 1.82) is 0 Å². The zero-order valence-corrected chi connectivity index (χ0v) is 11.1. The van der Waals surface area contributed by atoms with Crippen molar-refractivity contribution in [1.82, 2.24) is 4.90 Å². The van der Waals surface area contributed by atoms with Gasteiger partial charge in [0, 0.05) is 26.4 Å². The van der Waals surface area contributed by atoms with Gasteiger partial charge in [0.05, 0.1) is 12.6 Å². The number of methoxy groups -OCH3 is 1. The zero-order chi connectivity index (χ0) is 13.5. The fourth-order valence-electron chi connectivity index (χ4n) is 1.49. The van der Waals surface area contributed by atoms with Crippen LogP contribution in [0.25, 0.3) is 0 Å². The minimum Gasteiger partial charge on any atom is -0.383 e. The molecule has 0 spiro atoms. The Morgan fingerprint density at radius 1 is 1.44 bits per heavy atom. The fourth-order valence-corrected chi connectivity index (χ4v) is 1.49. The lowest BCUT2D eigenvalue weighted by atomic mass is 10.2. The Bertz CT molecular complexity index is 378. The second-order valence-corrected chi connectivity index (χ2v) is 4.25. The Kier molecular flexibility index (Phi) is 5.61. The van der Waals surface area contributed by atoms with Crippen LogP contribution >= 0.6 is 0 Å². The number of hydrogen-bond acceptors (Lipinski definition) is 3. The number of urea groups is 1. The van der Waals surface area contributed by atoms with Gasteiger partial charge in [0.25, 0.3) is 0 Å². The molecular formula is C13H21N3O2. The van der Waals surface area contributed by atoms with E-state index in [1.54, 1.807) is 19.1 Å². The van der Waals surface area contributed by atoms with Crippen LogP contribution in [0.15, 0.2) is 24.3 Å². The third kappa shape index (κ3) is 4.01. The summed E-state index contributed by atoms with van der Waals surface area (Å²) in [6, 6.07) is 7.35. The summed E-state index contributed by atoms with van der Waals surface area (Å²) in [6.07, 6.45) is 0. The third-order valence-electron chi connectivity index (χ3n) is 2.83. The first-order valence-electron chi connectivity index (χ1n) is 5.90. The molecule has 1 rings (SSSR count). The number of hydrogen-bond donors (Lipinski definition) is 2. The number of ether oxygens (including phenoxy) is 1. The molecule has 5 heteroatoms. The molecule has 0 saturated carbocycles. The maximum absolute atomic E-state index is 11.9. The Morgan fingerprint density at radius 3 is 2.56 bits per heavy atom. The molecule has 3 N–H and O–H groups in total. The highest BCUT2D eigenvalue weighted by molar-refractivity contribution is 5.89. The van der Waals surface area contributed by atoms with E-state index in [1.165, 1.54) is 0 Å². The van der Waals surface area contributed by atoms with E-state index < -0.39 is 0 Å². The molecule has 0 heterocycles. The smallest absolute Gasteiger partial charge is 0.321 e. The SMILES string of the molecule is COCC(C)N(C)C(=O)Nc1ccc(CN)cc1. The highest BCUT2D eigenvalue weighted by Crippen LogP contribution is 2.10. The number of likely N-dealkylation sites (N-methyl/N-ethyl adjacent to an activating group) is 1. The third-order valence-corrected chi connectivity index (χ3v) is 2.83. The monoisotopic (exact) mass is 251 g/mol. The molecule has 1 aromatic carbocycles. The highest BCUT2D eigenvalue weighted by Gasteiger charge is 2.15. The molecule has 0 aliphatic carbocycles. The van der Waals surface area contributed by atoms with Crippen LogP contribution in [-0.4, -0.2) is 37.7 Å². The van der Waals surface area contributed by atoms with Gasteiger partial charge in [-0.1, -0.05) is 12.1 Å². The summed E-state index contributed by atoms with van der Waals surface area (Å²) in [5.41, 5.74) is 7.31. The van der Waals surface area contributed by atoms with Crippen LogP contribution in [0.4, 0.5) is 10.5 Å². The lowest BCUT2D eigenvalue weighted by Crippen LogP contribution is -2.40. The molecule has 0 fully saturated rings. The van der Waals surface area contributed by atoms with Crippen LogP contribution in [0, 0.1) is 0 Å². The van der Waals surface area contributed by atoms with Gasteiger partial charge in [-0.05, 0) is 24.6 Å². The van der Waals surface area contributed by atoms with E-state index in [4.69, 9.17) is 10.5 Å². The number of amides is 2. The van der Waals surface area contributed by atoms with Crippen LogP contribution in [0.1, 0.15) is 12.5 Å². The summed E-state index contributed by atoms with van der Waals surface area (Å²) in [6.45, 7) is 2.94. The van der Waals surface area contributed by atoms with Gasteiger partial charge in [-0.3, -0.25) is 0 Å². The van der Waals surface area contributed by atoms with E-state index in [0.29, 0.717) is 13.2 Å². The van der Waals surface area contributed by atoms with E-state index in [-0.39, 0.29) is 12.1 Å². The average molecular weight is 251 g/mol. The first kappa shape index (κ1) is 14.5. The maximum atomic E-state index is 11.9. The van der Waals surface area contributed by atoms with Crippen LogP contribution in [0.3, 0.4) is 0 Å². The zero-order valence-electron chi connectivity index (χ0n) is 11.1. The Morgan fingerprint density at radius 2 is 2.06 bits per heavy atom. The number of anilines is 1. The molecule has 100 valence electrons. The summed E-state index contributed by atoms with van der Waals surface area (Å²) in [5, 5.41) is 2.82. The van der Waals surface area contributed by atoms with Gasteiger partial charge in [-0.2, -0.15) is 0 Å². The topological polar surface area (TPSA) is 67.6 Å². The molecular weight excluding hydrogens is 230 g/mol. The first-order chi connectivity index (χ1) is 8.58. The van der Waals surface area contributed by atoms with Gasteiger partial charge >= 0.3 is 6.03 Å². The van der Waals surface area contributed by atoms with E-state index in [1.807, 2.05) is 31.2 Å². The van der Waals surface area contributed by atoms with Crippen molar-refractivity contribution in [2.24, 2.45) is 5.73 Å². The molecule has 0 aromatic heterocycles. The van der Waals surface area contributed by atoms with Crippen molar-refractivity contribution in [2.45, 2.75) is 19.5 Å². The van der Waals surface area contributed by atoms with Gasteiger partial charge in [0.1, 0.15) is 0 Å². The van der Waals surface area contributed by atoms with Crippen LogP contribution in [-0.2, 0) is 11.3 Å². The Balaban J connectivity index is 2.57. The van der Waals surface area contributed by atoms with Crippen molar-refractivity contribution in [3.8, 4) is 0 Å². The molecule has 2 amide bonds. The van der Waals surface area contributed by atoms with Gasteiger partial charge in [-0.25, -0.2) is 4.79 Å². The minimum atomic E-state index is -0.153. The normalized spacial score (nSPS) is 12.0. The molecule has 0 saturated heterocycles. The number of rotatable bonds is 5. The molecule has 1 unspecified atom stereocenters. The molecule has 0 radical (unpaired) electrons. The molecule has 0 bridgehead atoms. The van der Waals surface area contributed by atoms with Crippen molar-refractivity contribution in [3.05, 3.63) is 29.8 Å². The lowest BCUT2D eigenvalue weighted by Gasteiger charge is -2.24.